The molecule has 2 fully saturated rings. The zero-order valence-electron chi connectivity index (χ0n) is 9.29. The van der Waals surface area contributed by atoms with Gasteiger partial charge in [-0.2, -0.15) is 0 Å². The molecule has 2 rings (SSSR count). The lowest BCUT2D eigenvalue weighted by Crippen LogP contribution is -2.64. The topological polar surface area (TPSA) is 41.5 Å². The van der Waals surface area contributed by atoms with Crippen LogP contribution in [0, 0.1) is 5.41 Å². The second-order valence-electron chi connectivity index (χ2n) is 5.32. The second kappa shape index (κ2) is 3.47. The fourth-order valence-electron chi connectivity index (χ4n) is 2.36. The van der Waals surface area contributed by atoms with Gasteiger partial charge in [0.25, 0.3) is 0 Å². The number of hydrogen-bond donors (Lipinski definition) is 2. The smallest absolute Gasteiger partial charge is 0.0621 e. The van der Waals surface area contributed by atoms with Crippen LogP contribution in [0.5, 0.6) is 0 Å². The first-order valence-corrected chi connectivity index (χ1v) is 5.51. The highest BCUT2D eigenvalue weighted by Gasteiger charge is 2.48. The summed E-state index contributed by atoms with van der Waals surface area (Å²) in [7, 11) is 1.78. The van der Waals surface area contributed by atoms with E-state index in [-0.39, 0.29) is 11.5 Å². The predicted octanol–water partition coefficient (Wildman–Crippen LogP) is 0.913. The van der Waals surface area contributed by atoms with Gasteiger partial charge >= 0.3 is 0 Å². The Morgan fingerprint density at radius 1 is 1.29 bits per heavy atom. The SMILES string of the molecule is COC1CC(NC2CC(O)C2(C)C)C1. The van der Waals surface area contributed by atoms with Gasteiger partial charge in [-0.3, -0.25) is 0 Å². The van der Waals surface area contributed by atoms with Gasteiger partial charge in [0, 0.05) is 24.6 Å². The summed E-state index contributed by atoms with van der Waals surface area (Å²) in [5.41, 5.74) is 0.0537. The molecule has 2 unspecified atom stereocenters. The minimum absolute atomic E-state index is 0.0537. The Morgan fingerprint density at radius 2 is 1.93 bits per heavy atom. The first kappa shape index (κ1) is 10.4. The molecule has 2 aliphatic rings. The second-order valence-corrected chi connectivity index (χ2v) is 5.32. The summed E-state index contributed by atoms with van der Waals surface area (Å²) < 4.78 is 5.23. The largest absolute Gasteiger partial charge is 0.392 e. The molecule has 3 nitrogen and oxygen atoms in total. The third-order valence-corrected chi connectivity index (χ3v) is 4.08. The highest BCUT2D eigenvalue weighted by molar-refractivity contribution is 5.04. The highest BCUT2D eigenvalue weighted by Crippen LogP contribution is 2.41. The maximum Gasteiger partial charge on any atom is 0.0621 e. The molecule has 0 aliphatic heterocycles. The molecule has 0 aromatic heterocycles. The van der Waals surface area contributed by atoms with Gasteiger partial charge in [0.15, 0.2) is 0 Å². The molecule has 0 amide bonds. The Morgan fingerprint density at radius 3 is 2.36 bits per heavy atom. The van der Waals surface area contributed by atoms with Crippen LogP contribution in [0.25, 0.3) is 0 Å². The van der Waals surface area contributed by atoms with E-state index in [1.165, 1.54) is 0 Å². The van der Waals surface area contributed by atoms with E-state index in [1.807, 2.05) is 0 Å². The van der Waals surface area contributed by atoms with Gasteiger partial charge in [0.2, 0.25) is 0 Å². The molecule has 3 heteroatoms. The van der Waals surface area contributed by atoms with E-state index >= 15 is 0 Å². The van der Waals surface area contributed by atoms with Crippen LogP contribution in [0.3, 0.4) is 0 Å². The average molecular weight is 199 g/mol. The molecule has 0 spiro atoms. The molecule has 0 aromatic rings. The highest BCUT2D eigenvalue weighted by atomic mass is 16.5. The molecular weight excluding hydrogens is 178 g/mol. The van der Waals surface area contributed by atoms with Crippen molar-refractivity contribution in [3.8, 4) is 0 Å². The van der Waals surface area contributed by atoms with Gasteiger partial charge in [0.1, 0.15) is 0 Å². The zero-order chi connectivity index (χ0) is 10.3. The average Bonchev–Trinajstić information content (AvgIpc) is 2.08. The van der Waals surface area contributed by atoms with Crippen molar-refractivity contribution in [3.05, 3.63) is 0 Å². The number of methoxy groups -OCH3 is 1. The summed E-state index contributed by atoms with van der Waals surface area (Å²) in [6.45, 7) is 4.26. The Bertz CT molecular complexity index is 211. The summed E-state index contributed by atoms with van der Waals surface area (Å²) in [6.07, 6.45) is 3.48. The van der Waals surface area contributed by atoms with E-state index in [1.54, 1.807) is 7.11 Å². The molecule has 2 saturated carbocycles. The van der Waals surface area contributed by atoms with E-state index in [0.717, 1.165) is 19.3 Å². The minimum atomic E-state index is -0.127. The van der Waals surface area contributed by atoms with Crippen LogP contribution in [0.1, 0.15) is 33.1 Å². The summed E-state index contributed by atoms with van der Waals surface area (Å²) in [5, 5.41) is 13.2. The first-order chi connectivity index (χ1) is 6.54. The van der Waals surface area contributed by atoms with Gasteiger partial charge in [0.05, 0.1) is 12.2 Å². The number of ether oxygens (including phenoxy) is 1. The van der Waals surface area contributed by atoms with Gasteiger partial charge in [-0.25, -0.2) is 0 Å². The fraction of sp³-hybridized carbons (Fsp3) is 1.00. The number of hydrogen-bond acceptors (Lipinski definition) is 3. The van der Waals surface area contributed by atoms with Gasteiger partial charge in [-0.05, 0) is 19.3 Å². The molecule has 0 radical (unpaired) electrons. The maximum atomic E-state index is 9.58. The van der Waals surface area contributed by atoms with E-state index < -0.39 is 0 Å². The monoisotopic (exact) mass is 199 g/mol. The molecule has 0 aromatic carbocycles. The van der Waals surface area contributed by atoms with Crippen LogP contribution in [0.4, 0.5) is 0 Å². The third-order valence-electron chi connectivity index (χ3n) is 4.08. The minimum Gasteiger partial charge on any atom is -0.392 e. The molecule has 0 bridgehead atoms. The standard InChI is InChI=1S/C11H21NO2/c1-11(2)9(6-10(11)13)12-7-4-8(5-7)14-3/h7-10,12-13H,4-6H2,1-3H3. The van der Waals surface area contributed by atoms with Crippen LogP contribution in [0.2, 0.25) is 0 Å². The summed E-state index contributed by atoms with van der Waals surface area (Å²) in [4.78, 5) is 0. The molecule has 2 aliphatic carbocycles. The first-order valence-electron chi connectivity index (χ1n) is 5.51. The van der Waals surface area contributed by atoms with Gasteiger partial charge < -0.3 is 15.2 Å². The number of aliphatic hydroxyl groups is 1. The lowest BCUT2D eigenvalue weighted by Gasteiger charge is -2.52. The van der Waals surface area contributed by atoms with Crippen molar-refractivity contribution in [1.82, 2.24) is 5.32 Å². The number of nitrogens with one attached hydrogen (secondary N) is 1. The van der Waals surface area contributed by atoms with Crippen LogP contribution in [0.15, 0.2) is 0 Å². The Balaban J connectivity index is 1.73. The summed E-state index contributed by atoms with van der Waals surface area (Å²) >= 11 is 0. The Hall–Kier alpha value is -0.120. The van der Waals surface area contributed by atoms with E-state index in [2.05, 4.69) is 19.2 Å². The zero-order valence-corrected chi connectivity index (χ0v) is 9.29. The van der Waals surface area contributed by atoms with Crippen molar-refractivity contribution in [2.75, 3.05) is 7.11 Å². The van der Waals surface area contributed by atoms with E-state index in [0.29, 0.717) is 18.2 Å². The quantitative estimate of drug-likeness (QED) is 0.710. The van der Waals surface area contributed by atoms with Crippen molar-refractivity contribution < 1.29 is 9.84 Å². The van der Waals surface area contributed by atoms with Crippen LogP contribution < -0.4 is 5.32 Å². The number of aliphatic hydroxyl groups excluding tert-OH is 1. The van der Waals surface area contributed by atoms with Crippen molar-refractivity contribution >= 4 is 0 Å². The molecule has 82 valence electrons. The van der Waals surface area contributed by atoms with Crippen LogP contribution in [-0.4, -0.2) is 36.5 Å². The maximum absolute atomic E-state index is 9.58. The molecule has 2 N–H and O–H groups in total. The van der Waals surface area contributed by atoms with Gasteiger partial charge in [-0.1, -0.05) is 13.8 Å². The van der Waals surface area contributed by atoms with Crippen LogP contribution >= 0.6 is 0 Å². The lowest BCUT2D eigenvalue weighted by molar-refractivity contribution is -0.0868. The predicted molar refractivity (Wildman–Crippen MR) is 55.1 cm³/mol. The van der Waals surface area contributed by atoms with Crippen molar-refractivity contribution in [2.45, 2.75) is 57.4 Å². The Kier molecular flexibility index (Phi) is 2.58. The fourth-order valence-corrected chi connectivity index (χ4v) is 2.36. The van der Waals surface area contributed by atoms with Crippen molar-refractivity contribution in [1.29, 1.82) is 0 Å². The van der Waals surface area contributed by atoms with Crippen molar-refractivity contribution in [3.63, 3.8) is 0 Å². The molecule has 0 heterocycles. The van der Waals surface area contributed by atoms with E-state index in [4.69, 9.17) is 4.74 Å². The molecule has 14 heavy (non-hydrogen) atoms. The van der Waals surface area contributed by atoms with Crippen molar-refractivity contribution in [2.24, 2.45) is 5.41 Å². The Labute approximate surface area is 85.8 Å². The normalized spacial score (nSPS) is 45.4. The molecule has 0 saturated heterocycles. The third kappa shape index (κ3) is 1.58. The van der Waals surface area contributed by atoms with Gasteiger partial charge in [-0.15, -0.1) is 0 Å². The van der Waals surface area contributed by atoms with E-state index in [9.17, 15) is 5.11 Å². The van der Waals surface area contributed by atoms with Crippen LogP contribution in [-0.2, 0) is 4.74 Å². The molecule has 2 atom stereocenters. The number of rotatable bonds is 3. The summed E-state index contributed by atoms with van der Waals surface area (Å²) in [5.74, 6) is 0. The molecular formula is C11H21NO2. The lowest BCUT2D eigenvalue weighted by atomic mass is 9.64. The summed E-state index contributed by atoms with van der Waals surface area (Å²) in [6, 6.07) is 1.09.